The molecule has 1 heterocycles. The quantitative estimate of drug-likeness (QED) is 0.754. The topological polar surface area (TPSA) is 47.6 Å². The third kappa shape index (κ3) is 3.70. The molecule has 1 aliphatic heterocycles. The summed E-state index contributed by atoms with van der Waals surface area (Å²) in [5.74, 6) is 1.41. The molecule has 3 aromatic carbocycles. The van der Waals surface area contributed by atoms with Gasteiger partial charge in [0.05, 0.1) is 0 Å². The molecule has 1 atom stereocenters. The molecule has 0 fully saturated rings. The average molecular weight is 345 g/mol. The van der Waals surface area contributed by atoms with E-state index in [2.05, 4.69) is 5.32 Å². The number of hydrogen-bond donors (Lipinski definition) is 1. The first kappa shape index (κ1) is 16.2. The standard InChI is InChI=1S/C22H19NO3/c24-22(21-14-17-8-4-5-9-20(17)26-21)23-18-10-12-19(13-11-18)25-15-16-6-2-1-3-7-16/h1-13,21H,14-15H2,(H,23,24)/t21-/m0/s1. The van der Waals surface area contributed by atoms with Crippen molar-refractivity contribution in [3.05, 3.63) is 90.0 Å². The van der Waals surface area contributed by atoms with E-state index in [1.165, 1.54) is 0 Å². The first-order valence-electron chi connectivity index (χ1n) is 8.60. The molecule has 0 bridgehead atoms. The molecule has 0 unspecified atom stereocenters. The van der Waals surface area contributed by atoms with Gasteiger partial charge in [-0.25, -0.2) is 0 Å². The largest absolute Gasteiger partial charge is 0.489 e. The molecule has 1 N–H and O–H groups in total. The molecule has 1 aliphatic rings. The highest BCUT2D eigenvalue weighted by molar-refractivity contribution is 5.95. The van der Waals surface area contributed by atoms with Crippen LogP contribution in [0.3, 0.4) is 0 Å². The summed E-state index contributed by atoms with van der Waals surface area (Å²) in [4.78, 5) is 12.4. The third-order valence-corrected chi connectivity index (χ3v) is 4.31. The van der Waals surface area contributed by atoms with Gasteiger partial charge in [-0.3, -0.25) is 4.79 Å². The zero-order valence-electron chi connectivity index (χ0n) is 14.2. The van der Waals surface area contributed by atoms with E-state index < -0.39 is 6.10 Å². The number of carbonyl (C=O) groups excluding carboxylic acids is 1. The van der Waals surface area contributed by atoms with E-state index in [1.54, 1.807) is 0 Å². The maximum Gasteiger partial charge on any atom is 0.265 e. The number of rotatable bonds is 5. The normalized spacial score (nSPS) is 15.0. The van der Waals surface area contributed by atoms with Crippen LogP contribution in [-0.4, -0.2) is 12.0 Å². The average Bonchev–Trinajstić information content (AvgIpc) is 3.13. The minimum Gasteiger partial charge on any atom is -0.489 e. The van der Waals surface area contributed by atoms with Crippen LogP contribution in [0.5, 0.6) is 11.5 Å². The molecule has 130 valence electrons. The fourth-order valence-electron chi connectivity index (χ4n) is 2.93. The predicted molar refractivity (Wildman–Crippen MR) is 100 cm³/mol. The first-order valence-corrected chi connectivity index (χ1v) is 8.60. The second-order valence-corrected chi connectivity index (χ2v) is 6.21. The molecular formula is C22H19NO3. The Morgan fingerprint density at radius 2 is 1.69 bits per heavy atom. The van der Waals surface area contributed by atoms with Gasteiger partial charge in [0.2, 0.25) is 0 Å². The Morgan fingerprint density at radius 1 is 0.962 bits per heavy atom. The summed E-state index contributed by atoms with van der Waals surface area (Å²) in [5, 5.41) is 2.90. The number of amides is 1. The zero-order valence-corrected chi connectivity index (χ0v) is 14.2. The van der Waals surface area contributed by atoms with Crippen molar-refractivity contribution >= 4 is 11.6 Å². The lowest BCUT2D eigenvalue weighted by molar-refractivity contribution is -0.122. The SMILES string of the molecule is O=C(Nc1ccc(OCc2ccccc2)cc1)[C@@H]1Cc2ccccc2O1. The van der Waals surface area contributed by atoms with E-state index in [1.807, 2.05) is 78.9 Å². The van der Waals surface area contributed by atoms with Crippen molar-refractivity contribution in [1.82, 2.24) is 0 Å². The van der Waals surface area contributed by atoms with Gasteiger partial charge in [0.15, 0.2) is 6.10 Å². The van der Waals surface area contributed by atoms with Crippen molar-refractivity contribution in [1.29, 1.82) is 0 Å². The van der Waals surface area contributed by atoms with E-state index >= 15 is 0 Å². The van der Waals surface area contributed by atoms with E-state index in [0.717, 1.165) is 28.3 Å². The van der Waals surface area contributed by atoms with Gasteiger partial charge in [0, 0.05) is 12.1 Å². The van der Waals surface area contributed by atoms with Crippen LogP contribution in [0.2, 0.25) is 0 Å². The number of carbonyl (C=O) groups is 1. The third-order valence-electron chi connectivity index (χ3n) is 4.31. The van der Waals surface area contributed by atoms with Crippen LogP contribution in [0, 0.1) is 0 Å². The molecular weight excluding hydrogens is 326 g/mol. The number of anilines is 1. The first-order chi connectivity index (χ1) is 12.8. The molecule has 0 saturated heterocycles. The fourth-order valence-corrected chi connectivity index (χ4v) is 2.93. The Kier molecular flexibility index (Phi) is 4.56. The molecule has 0 aliphatic carbocycles. The van der Waals surface area contributed by atoms with Crippen molar-refractivity contribution < 1.29 is 14.3 Å². The highest BCUT2D eigenvalue weighted by Crippen LogP contribution is 2.28. The van der Waals surface area contributed by atoms with Gasteiger partial charge in [0.25, 0.3) is 5.91 Å². The number of nitrogens with one attached hydrogen (secondary N) is 1. The van der Waals surface area contributed by atoms with Crippen molar-refractivity contribution in [2.45, 2.75) is 19.1 Å². The van der Waals surface area contributed by atoms with Crippen LogP contribution in [0.25, 0.3) is 0 Å². The number of para-hydroxylation sites is 1. The minimum absolute atomic E-state index is 0.140. The predicted octanol–water partition coefficient (Wildman–Crippen LogP) is 4.21. The molecule has 4 nitrogen and oxygen atoms in total. The summed E-state index contributed by atoms with van der Waals surface area (Å²) in [6, 6.07) is 25.1. The Balaban J connectivity index is 1.32. The lowest BCUT2D eigenvalue weighted by Gasteiger charge is -2.12. The zero-order chi connectivity index (χ0) is 17.8. The van der Waals surface area contributed by atoms with Gasteiger partial charge in [-0.1, -0.05) is 48.5 Å². The maximum absolute atomic E-state index is 12.4. The number of fused-ring (bicyclic) bond motifs is 1. The Labute approximate surface area is 152 Å². The minimum atomic E-state index is -0.485. The molecule has 26 heavy (non-hydrogen) atoms. The maximum atomic E-state index is 12.4. The Hall–Kier alpha value is -3.27. The van der Waals surface area contributed by atoms with Crippen LogP contribution in [0.15, 0.2) is 78.9 Å². The molecule has 3 aromatic rings. The van der Waals surface area contributed by atoms with Crippen LogP contribution in [0.1, 0.15) is 11.1 Å². The van der Waals surface area contributed by atoms with E-state index in [4.69, 9.17) is 9.47 Å². The molecule has 1 amide bonds. The molecule has 0 aromatic heterocycles. The number of ether oxygens (including phenoxy) is 2. The smallest absolute Gasteiger partial charge is 0.265 e. The van der Waals surface area contributed by atoms with Crippen molar-refractivity contribution in [2.24, 2.45) is 0 Å². The van der Waals surface area contributed by atoms with Crippen molar-refractivity contribution in [2.75, 3.05) is 5.32 Å². The van der Waals surface area contributed by atoms with Gasteiger partial charge in [0.1, 0.15) is 18.1 Å². The fraction of sp³-hybridized carbons (Fsp3) is 0.136. The summed E-state index contributed by atoms with van der Waals surface area (Å²) in [6.07, 6.45) is 0.113. The van der Waals surface area contributed by atoms with Gasteiger partial charge in [-0.15, -0.1) is 0 Å². The van der Waals surface area contributed by atoms with Crippen LogP contribution >= 0.6 is 0 Å². The summed E-state index contributed by atoms with van der Waals surface area (Å²) in [7, 11) is 0. The van der Waals surface area contributed by atoms with E-state index in [0.29, 0.717) is 13.0 Å². The Morgan fingerprint density at radius 3 is 2.46 bits per heavy atom. The highest BCUT2D eigenvalue weighted by atomic mass is 16.5. The van der Waals surface area contributed by atoms with Crippen LogP contribution in [0.4, 0.5) is 5.69 Å². The lowest BCUT2D eigenvalue weighted by Crippen LogP contribution is -2.31. The summed E-state index contributed by atoms with van der Waals surface area (Å²) < 4.78 is 11.5. The van der Waals surface area contributed by atoms with E-state index in [-0.39, 0.29) is 5.91 Å². The molecule has 0 saturated carbocycles. The van der Waals surface area contributed by atoms with Crippen LogP contribution in [-0.2, 0) is 17.8 Å². The van der Waals surface area contributed by atoms with Gasteiger partial charge in [-0.2, -0.15) is 0 Å². The second kappa shape index (κ2) is 7.31. The Bertz CT molecular complexity index is 866. The van der Waals surface area contributed by atoms with Gasteiger partial charge in [-0.05, 0) is 41.5 Å². The number of hydrogen-bond acceptors (Lipinski definition) is 3. The van der Waals surface area contributed by atoms with Crippen molar-refractivity contribution in [3.8, 4) is 11.5 Å². The second-order valence-electron chi connectivity index (χ2n) is 6.21. The monoisotopic (exact) mass is 345 g/mol. The summed E-state index contributed by atoms with van der Waals surface area (Å²) in [5.41, 5.74) is 2.90. The van der Waals surface area contributed by atoms with Gasteiger partial charge >= 0.3 is 0 Å². The molecule has 0 radical (unpaired) electrons. The number of benzene rings is 3. The van der Waals surface area contributed by atoms with E-state index in [9.17, 15) is 4.79 Å². The van der Waals surface area contributed by atoms with Crippen LogP contribution < -0.4 is 14.8 Å². The highest BCUT2D eigenvalue weighted by Gasteiger charge is 2.28. The molecule has 4 heteroatoms. The molecule has 4 rings (SSSR count). The van der Waals surface area contributed by atoms with Crippen molar-refractivity contribution in [3.63, 3.8) is 0 Å². The molecule has 0 spiro atoms. The summed E-state index contributed by atoms with van der Waals surface area (Å²) in [6.45, 7) is 0.515. The lowest BCUT2D eigenvalue weighted by atomic mass is 10.1. The van der Waals surface area contributed by atoms with Gasteiger partial charge < -0.3 is 14.8 Å². The summed E-state index contributed by atoms with van der Waals surface area (Å²) >= 11 is 0.